The molecule has 3 rings (SSSR count). The van der Waals surface area contributed by atoms with Crippen molar-refractivity contribution in [3.63, 3.8) is 0 Å². The Labute approximate surface area is 174 Å². The summed E-state index contributed by atoms with van der Waals surface area (Å²) < 4.78 is 45.6. The highest BCUT2D eigenvalue weighted by molar-refractivity contribution is 7.84. The molecule has 3 N–H and O–H groups in total. The first kappa shape index (κ1) is 21.8. The molecular formula is C19H21F2N5O3S. The number of halogens is 2. The highest BCUT2D eigenvalue weighted by atomic mass is 32.2. The second-order valence-corrected chi connectivity index (χ2v) is 7.91. The van der Waals surface area contributed by atoms with E-state index in [1.165, 1.54) is 25.3 Å². The number of hydrogen-bond acceptors (Lipinski definition) is 4. The molecule has 1 aromatic carbocycles. The molecule has 2 aromatic rings. The lowest BCUT2D eigenvalue weighted by Gasteiger charge is -2.25. The van der Waals surface area contributed by atoms with E-state index < -0.39 is 34.3 Å². The van der Waals surface area contributed by atoms with Crippen molar-refractivity contribution in [2.75, 3.05) is 28.4 Å². The van der Waals surface area contributed by atoms with E-state index in [0.717, 1.165) is 31.4 Å². The summed E-state index contributed by atoms with van der Waals surface area (Å²) in [5.41, 5.74) is -0.852. The van der Waals surface area contributed by atoms with Crippen LogP contribution in [0.15, 0.2) is 30.5 Å². The molecule has 30 heavy (non-hydrogen) atoms. The van der Waals surface area contributed by atoms with Crippen LogP contribution in [0.2, 0.25) is 0 Å². The van der Waals surface area contributed by atoms with Crippen molar-refractivity contribution in [3.8, 4) is 0 Å². The first-order valence-corrected chi connectivity index (χ1v) is 10.4. The summed E-state index contributed by atoms with van der Waals surface area (Å²) in [6.45, 7) is 2.54. The second kappa shape index (κ2) is 9.72. The minimum Gasteiger partial charge on any atom is -0.320 e. The minimum absolute atomic E-state index is 0.183. The van der Waals surface area contributed by atoms with E-state index in [1.54, 1.807) is 4.31 Å². The summed E-state index contributed by atoms with van der Waals surface area (Å²) in [6, 6.07) is 4.90. The Morgan fingerprint density at radius 3 is 2.43 bits per heavy atom. The molecule has 1 aliphatic rings. The molecule has 1 aliphatic heterocycles. The maximum Gasteiger partial charge on any atom is 0.261 e. The van der Waals surface area contributed by atoms with Gasteiger partial charge < -0.3 is 10.6 Å². The summed E-state index contributed by atoms with van der Waals surface area (Å²) in [6.07, 6.45) is 4.07. The van der Waals surface area contributed by atoms with Gasteiger partial charge in [-0.1, -0.05) is 6.42 Å². The third-order valence-corrected chi connectivity index (χ3v) is 5.62. The monoisotopic (exact) mass is 437 g/mol. The second-order valence-electron chi connectivity index (χ2n) is 6.69. The molecule has 8 nitrogen and oxygen atoms in total. The number of pyridine rings is 1. The standard InChI is InChI=1S/C19H21F2N5O3S/c1-12(27)23-16-8-5-13(11-22-16)24-19(28)17-14(20)6-7-15(18(17)21)25-30(29)26-9-3-2-4-10-26/h5-8,11,25H,2-4,9-10H2,1H3,(H,24,28)(H,22,23,27). The van der Waals surface area contributed by atoms with Crippen molar-refractivity contribution in [2.24, 2.45) is 0 Å². The smallest absolute Gasteiger partial charge is 0.261 e. The van der Waals surface area contributed by atoms with Crippen LogP contribution in [0.1, 0.15) is 36.5 Å². The molecule has 1 saturated heterocycles. The predicted molar refractivity (Wildman–Crippen MR) is 110 cm³/mol. The number of carbonyl (C=O) groups excluding carboxylic acids is 2. The largest absolute Gasteiger partial charge is 0.320 e. The molecular weight excluding hydrogens is 416 g/mol. The molecule has 0 bridgehead atoms. The fourth-order valence-electron chi connectivity index (χ4n) is 2.94. The molecule has 0 saturated carbocycles. The fraction of sp³-hybridized carbons (Fsp3) is 0.316. The number of anilines is 3. The Kier molecular flexibility index (Phi) is 7.06. The van der Waals surface area contributed by atoms with Gasteiger partial charge in [0.15, 0.2) is 17.0 Å². The van der Waals surface area contributed by atoms with Gasteiger partial charge in [-0.25, -0.2) is 22.3 Å². The van der Waals surface area contributed by atoms with Crippen LogP contribution in [-0.2, 0) is 16.0 Å². The van der Waals surface area contributed by atoms with E-state index in [9.17, 15) is 22.6 Å². The molecule has 160 valence electrons. The lowest BCUT2D eigenvalue weighted by atomic mass is 10.1. The van der Waals surface area contributed by atoms with Gasteiger partial charge in [-0.3, -0.25) is 14.3 Å². The lowest BCUT2D eigenvalue weighted by Crippen LogP contribution is -2.35. The summed E-state index contributed by atoms with van der Waals surface area (Å²) in [5.74, 6) is -3.26. The number of nitrogens with zero attached hydrogens (tertiary/aromatic N) is 2. The number of hydrogen-bond donors (Lipinski definition) is 3. The zero-order valence-corrected chi connectivity index (χ0v) is 17.0. The molecule has 2 heterocycles. The van der Waals surface area contributed by atoms with E-state index in [-0.39, 0.29) is 23.1 Å². The van der Waals surface area contributed by atoms with E-state index >= 15 is 0 Å². The van der Waals surface area contributed by atoms with Crippen molar-refractivity contribution in [2.45, 2.75) is 26.2 Å². The van der Waals surface area contributed by atoms with Crippen molar-refractivity contribution in [1.29, 1.82) is 0 Å². The van der Waals surface area contributed by atoms with Gasteiger partial charge in [0.1, 0.15) is 17.2 Å². The van der Waals surface area contributed by atoms with Gasteiger partial charge in [0, 0.05) is 20.0 Å². The van der Waals surface area contributed by atoms with Crippen LogP contribution in [0.5, 0.6) is 0 Å². The van der Waals surface area contributed by atoms with Crippen LogP contribution in [-0.4, -0.2) is 38.4 Å². The summed E-state index contributed by atoms with van der Waals surface area (Å²) in [4.78, 5) is 27.4. The molecule has 2 amide bonds. The maximum absolute atomic E-state index is 14.8. The van der Waals surface area contributed by atoms with Crippen LogP contribution in [0.25, 0.3) is 0 Å². The summed E-state index contributed by atoms with van der Waals surface area (Å²) in [5, 5.41) is 4.82. The SMILES string of the molecule is CC(=O)Nc1ccc(NC(=O)c2c(F)ccc(NS(=O)N3CCCCC3)c2F)cn1. The first-order valence-electron chi connectivity index (χ1n) is 9.31. The van der Waals surface area contributed by atoms with E-state index in [2.05, 4.69) is 20.3 Å². The molecule has 0 aliphatic carbocycles. The average Bonchev–Trinajstić information content (AvgIpc) is 2.72. The normalized spacial score (nSPS) is 15.3. The molecule has 0 radical (unpaired) electrons. The Morgan fingerprint density at radius 2 is 1.80 bits per heavy atom. The highest BCUT2D eigenvalue weighted by Gasteiger charge is 2.23. The zero-order valence-electron chi connectivity index (χ0n) is 16.2. The third kappa shape index (κ3) is 5.36. The molecule has 11 heteroatoms. The fourth-order valence-corrected chi connectivity index (χ4v) is 4.01. The number of rotatable bonds is 6. The predicted octanol–water partition coefficient (Wildman–Crippen LogP) is 3.05. The number of benzene rings is 1. The number of piperidine rings is 1. The quantitative estimate of drug-likeness (QED) is 0.646. The van der Waals surface area contributed by atoms with Gasteiger partial charge >= 0.3 is 0 Å². The van der Waals surface area contributed by atoms with Gasteiger partial charge in [0.05, 0.1) is 17.6 Å². The highest BCUT2D eigenvalue weighted by Crippen LogP contribution is 2.24. The van der Waals surface area contributed by atoms with Crippen molar-refractivity contribution in [3.05, 3.63) is 47.7 Å². The topological polar surface area (TPSA) is 103 Å². The summed E-state index contributed by atoms with van der Waals surface area (Å²) >= 11 is -1.70. The van der Waals surface area contributed by atoms with Crippen LogP contribution in [0, 0.1) is 11.6 Å². The molecule has 1 fully saturated rings. The maximum atomic E-state index is 14.8. The molecule has 0 spiro atoms. The van der Waals surface area contributed by atoms with E-state index in [1.807, 2.05) is 0 Å². The lowest BCUT2D eigenvalue weighted by molar-refractivity contribution is -0.114. The van der Waals surface area contributed by atoms with Crippen LogP contribution in [0.4, 0.5) is 26.0 Å². The minimum atomic E-state index is -1.70. The van der Waals surface area contributed by atoms with Crippen LogP contribution >= 0.6 is 0 Å². The zero-order chi connectivity index (χ0) is 21.7. The van der Waals surface area contributed by atoms with Gasteiger partial charge in [0.2, 0.25) is 5.91 Å². The van der Waals surface area contributed by atoms with Crippen molar-refractivity contribution >= 4 is 40.2 Å². The number of aromatic nitrogens is 1. The Hall–Kier alpha value is -2.92. The van der Waals surface area contributed by atoms with E-state index in [0.29, 0.717) is 13.1 Å². The molecule has 1 unspecified atom stereocenters. The van der Waals surface area contributed by atoms with Gasteiger partial charge in [0.25, 0.3) is 5.91 Å². The molecule has 1 aromatic heterocycles. The van der Waals surface area contributed by atoms with Crippen LogP contribution < -0.4 is 15.4 Å². The first-order chi connectivity index (χ1) is 14.3. The van der Waals surface area contributed by atoms with Gasteiger partial charge in [-0.2, -0.15) is 0 Å². The van der Waals surface area contributed by atoms with Crippen LogP contribution in [0.3, 0.4) is 0 Å². The van der Waals surface area contributed by atoms with Crippen molar-refractivity contribution < 1.29 is 22.6 Å². The molecule has 1 atom stereocenters. The summed E-state index contributed by atoms with van der Waals surface area (Å²) in [7, 11) is 0. The number of amides is 2. The van der Waals surface area contributed by atoms with Gasteiger partial charge in [-0.15, -0.1) is 0 Å². The number of carbonyl (C=O) groups is 2. The van der Waals surface area contributed by atoms with E-state index in [4.69, 9.17) is 0 Å². The Balaban J connectivity index is 1.74. The third-order valence-electron chi connectivity index (χ3n) is 4.39. The average molecular weight is 437 g/mol. The van der Waals surface area contributed by atoms with Crippen molar-refractivity contribution in [1.82, 2.24) is 9.29 Å². The number of nitrogens with one attached hydrogen (secondary N) is 3. The Bertz CT molecular complexity index is 965. The van der Waals surface area contributed by atoms with Gasteiger partial charge in [-0.05, 0) is 37.1 Å². The Morgan fingerprint density at radius 1 is 1.07 bits per heavy atom.